The predicted octanol–water partition coefficient (Wildman–Crippen LogP) is 9.42. The Morgan fingerprint density at radius 1 is 0.361 bits per heavy atom. The number of nitrogens with zero attached hydrogens (tertiary/aromatic N) is 4. The van der Waals surface area contributed by atoms with Crippen LogP contribution in [0.25, 0.3) is 0 Å². The van der Waals surface area contributed by atoms with Gasteiger partial charge in [-0.2, -0.15) is 0 Å². The van der Waals surface area contributed by atoms with Crippen molar-refractivity contribution in [2.24, 2.45) is 0 Å². The number of hydrogen-bond donors (Lipinski definition) is 6. The van der Waals surface area contributed by atoms with Crippen LogP contribution in [0.1, 0.15) is 59.4 Å². The molecular weight excluding hydrogens is 1200 g/mol. The predicted molar refractivity (Wildman–Crippen MR) is 337 cm³/mol. The Labute approximate surface area is 518 Å². The van der Waals surface area contributed by atoms with Gasteiger partial charge in [-0.05, 0) is 98.5 Å². The first-order valence-corrected chi connectivity index (χ1v) is 26.8. The van der Waals surface area contributed by atoms with E-state index in [0.29, 0.717) is 145 Å². The fraction of sp³-hybridized carbons (Fsp3) is 0.439. The van der Waals surface area contributed by atoms with Crippen LogP contribution in [0.2, 0.25) is 30.1 Å². The summed E-state index contributed by atoms with van der Waals surface area (Å²) >= 11 is 35.9. The van der Waals surface area contributed by atoms with Gasteiger partial charge < -0.3 is 61.0 Å². The Balaban J connectivity index is 0.00000106. The summed E-state index contributed by atoms with van der Waals surface area (Å²) in [6.45, 7) is 15.8. The monoisotopic (exact) mass is 1270 g/mol. The van der Waals surface area contributed by atoms with Crippen molar-refractivity contribution in [1.82, 2.24) is 30.2 Å². The molecule has 4 aliphatic heterocycles. The average Bonchev–Trinajstić information content (AvgIpc) is 3.55. The SMILES string of the molecule is C.C.C.C.C.Cc1c(Cl)cc(NC(=O)C(=O)N2CCNCC2)cc1Cl.Cc1c(Cl)cc(NC(=O)C(=O)N2CCOCC2)cc1Cl.Cc1ccc(NC(=O)C(=O)N2CCNCC2)cc1Cl.Cc1ccc(NC(=O)C(=O)N2CCOCC2)cc1Cl. The normalized spacial score (nSPS) is 14.2. The van der Waals surface area contributed by atoms with Gasteiger partial charge in [0.2, 0.25) is 0 Å². The molecule has 6 N–H and O–H groups in total. The van der Waals surface area contributed by atoms with Crippen LogP contribution in [0.3, 0.4) is 0 Å². The molecular formula is C57H80Cl6N10O10. The Morgan fingerprint density at radius 3 is 0.843 bits per heavy atom. The summed E-state index contributed by atoms with van der Waals surface area (Å²) < 4.78 is 10.3. The molecule has 4 aliphatic rings. The summed E-state index contributed by atoms with van der Waals surface area (Å²) in [6, 6.07) is 16.6. The third-order valence-electron chi connectivity index (χ3n) is 12.1. The molecule has 8 amide bonds. The number of benzene rings is 4. The zero-order valence-electron chi connectivity index (χ0n) is 43.2. The second-order valence-corrected chi connectivity index (χ2v) is 20.2. The molecule has 0 aliphatic carbocycles. The Kier molecular flexibility index (Phi) is 35.6. The summed E-state index contributed by atoms with van der Waals surface area (Å²) in [6.07, 6.45) is 0. The van der Waals surface area contributed by atoms with Crippen LogP contribution in [0.4, 0.5) is 22.7 Å². The maximum atomic E-state index is 12.0. The Morgan fingerprint density at radius 2 is 0.590 bits per heavy atom. The summed E-state index contributed by atoms with van der Waals surface area (Å²) in [7, 11) is 0. The molecule has 0 aromatic heterocycles. The number of amides is 8. The molecule has 4 aromatic rings. The zero-order valence-corrected chi connectivity index (χ0v) is 47.8. The number of halogens is 6. The molecule has 4 saturated heterocycles. The molecule has 83 heavy (non-hydrogen) atoms. The van der Waals surface area contributed by atoms with Gasteiger partial charge in [-0.25, -0.2) is 0 Å². The molecule has 4 fully saturated rings. The van der Waals surface area contributed by atoms with E-state index in [1.54, 1.807) is 79.4 Å². The van der Waals surface area contributed by atoms with Crippen LogP contribution in [-0.4, -0.2) is 172 Å². The first-order valence-electron chi connectivity index (χ1n) is 24.5. The van der Waals surface area contributed by atoms with Crippen molar-refractivity contribution >= 4 is 140 Å². The number of morpholine rings is 2. The number of aryl methyl sites for hydroxylation is 2. The molecule has 26 heteroatoms. The van der Waals surface area contributed by atoms with Gasteiger partial charge in [-0.3, -0.25) is 38.4 Å². The lowest BCUT2D eigenvalue weighted by molar-refractivity contribution is -0.145. The minimum absolute atomic E-state index is 0. The minimum Gasteiger partial charge on any atom is -0.378 e. The maximum absolute atomic E-state index is 12.0. The minimum atomic E-state index is -0.706. The first-order chi connectivity index (χ1) is 37.1. The van der Waals surface area contributed by atoms with Crippen molar-refractivity contribution in [3.63, 3.8) is 0 Å². The van der Waals surface area contributed by atoms with E-state index in [0.717, 1.165) is 35.3 Å². The van der Waals surface area contributed by atoms with Crippen molar-refractivity contribution in [1.29, 1.82) is 0 Å². The van der Waals surface area contributed by atoms with Gasteiger partial charge in [0.15, 0.2) is 0 Å². The molecule has 0 radical (unpaired) electrons. The van der Waals surface area contributed by atoms with Gasteiger partial charge in [0.25, 0.3) is 0 Å². The van der Waals surface area contributed by atoms with Gasteiger partial charge in [0.1, 0.15) is 0 Å². The lowest BCUT2D eigenvalue weighted by Gasteiger charge is -2.26. The summed E-state index contributed by atoms with van der Waals surface area (Å²) in [5.41, 5.74) is 5.17. The number of hydrogen-bond acceptors (Lipinski definition) is 12. The molecule has 460 valence electrons. The highest BCUT2D eigenvalue weighted by Gasteiger charge is 2.27. The van der Waals surface area contributed by atoms with Gasteiger partial charge in [0.05, 0.1) is 26.4 Å². The second kappa shape index (κ2) is 38.2. The van der Waals surface area contributed by atoms with E-state index in [-0.39, 0.29) is 37.1 Å². The molecule has 0 spiro atoms. The van der Waals surface area contributed by atoms with E-state index in [1.165, 1.54) is 14.7 Å². The van der Waals surface area contributed by atoms with Gasteiger partial charge >= 0.3 is 47.3 Å². The third-order valence-corrected chi connectivity index (χ3v) is 14.5. The van der Waals surface area contributed by atoms with E-state index in [9.17, 15) is 38.4 Å². The lowest BCUT2D eigenvalue weighted by atomic mass is 10.2. The number of ether oxygens (including phenoxy) is 2. The van der Waals surface area contributed by atoms with E-state index in [4.69, 9.17) is 79.1 Å². The van der Waals surface area contributed by atoms with Crippen LogP contribution in [-0.2, 0) is 47.8 Å². The zero-order chi connectivity index (χ0) is 57.1. The van der Waals surface area contributed by atoms with Gasteiger partial charge in [-0.1, -0.05) is 119 Å². The molecule has 8 rings (SSSR count). The summed E-state index contributed by atoms with van der Waals surface area (Å²) in [5.74, 6) is -4.83. The fourth-order valence-electron chi connectivity index (χ4n) is 7.36. The molecule has 0 unspecified atom stereocenters. The van der Waals surface area contributed by atoms with Crippen molar-refractivity contribution in [3.8, 4) is 0 Å². The number of rotatable bonds is 4. The van der Waals surface area contributed by atoms with Crippen LogP contribution < -0.4 is 31.9 Å². The van der Waals surface area contributed by atoms with Crippen LogP contribution in [0.5, 0.6) is 0 Å². The van der Waals surface area contributed by atoms with Crippen molar-refractivity contribution in [2.45, 2.75) is 64.8 Å². The van der Waals surface area contributed by atoms with Crippen molar-refractivity contribution in [2.75, 3.05) is 126 Å². The molecule has 4 heterocycles. The number of carbonyl (C=O) groups is 8. The summed E-state index contributed by atoms with van der Waals surface area (Å²) in [5, 5.41) is 19.3. The van der Waals surface area contributed by atoms with E-state index < -0.39 is 47.3 Å². The van der Waals surface area contributed by atoms with Crippen LogP contribution >= 0.6 is 69.6 Å². The van der Waals surface area contributed by atoms with Crippen LogP contribution in [0, 0.1) is 27.7 Å². The van der Waals surface area contributed by atoms with Crippen molar-refractivity contribution in [3.05, 3.63) is 113 Å². The Hall–Kier alpha value is -5.78. The molecule has 0 atom stereocenters. The quantitative estimate of drug-likeness (QED) is 0.105. The highest BCUT2D eigenvalue weighted by atomic mass is 35.5. The Bertz CT molecular complexity index is 2610. The topological polar surface area (TPSA) is 240 Å². The number of anilines is 4. The van der Waals surface area contributed by atoms with Crippen molar-refractivity contribution < 1.29 is 47.8 Å². The number of piperazine rings is 2. The van der Waals surface area contributed by atoms with Gasteiger partial charge in [0, 0.05) is 131 Å². The lowest BCUT2D eigenvalue weighted by Crippen LogP contribution is -2.49. The number of nitrogens with one attached hydrogen (secondary N) is 6. The highest BCUT2D eigenvalue weighted by Crippen LogP contribution is 2.29. The van der Waals surface area contributed by atoms with Crippen LogP contribution in [0.15, 0.2) is 60.7 Å². The molecule has 20 nitrogen and oxygen atoms in total. The van der Waals surface area contributed by atoms with E-state index in [1.807, 2.05) is 13.8 Å². The third kappa shape index (κ3) is 24.0. The smallest absolute Gasteiger partial charge is 0.313 e. The van der Waals surface area contributed by atoms with E-state index >= 15 is 0 Å². The maximum Gasteiger partial charge on any atom is 0.313 e. The summed E-state index contributed by atoms with van der Waals surface area (Å²) in [4.78, 5) is 101. The highest BCUT2D eigenvalue weighted by molar-refractivity contribution is 6.42. The standard InChI is InChI=1S/C13H15Cl2N3O2.C13H14Cl2N2O3.C13H16ClN3O2.C13H15ClN2O3.5CH4/c1-8-10(14)6-9(7-11(8)15)17-12(19)13(20)18-4-2-16-3-5-18;1-8-10(14)6-9(7-11(8)15)16-12(18)13(19)17-2-4-20-5-3-17;1-9-2-3-10(8-11(9)14)16-12(18)13(19)17-6-4-15-5-7-17;1-9-2-3-10(8-11(9)14)15-12(17)13(18)16-4-6-19-7-5-16;;;;;/h6-7,16H,2-5H2,1H3,(H,17,19);6-7H,2-5H2,1H3,(H,16,18);2-3,8,15H,4-7H2,1H3,(H,16,18);2-3,8H,4-7H2,1H3,(H,15,17);5*1H4. The fourth-order valence-corrected chi connectivity index (χ4v) is 8.69. The van der Waals surface area contributed by atoms with E-state index in [2.05, 4.69) is 31.9 Å². The van der Waals surface area contributed by atoms with Gasteiger partial charge in [-0.15, -0.1) is 0 Å². The number of carbonyl (C=O) groups excluding carboxylic acids is 8. The molecule has 0 bridgehead atoms. The second-order valence-electron chi connectivity index (χ2n) is 17.8. The molecule has 4 aromatic carbocycles. The largest absolute Gasteiger partial charge is 0.378 e. The first kappa shape index (κ1) is 77.2. The molecule has 0 saturated carbocycles. The average molecular weight is 1280 g/mol.